The van der Waals surface area contributed by atoms with Crippen molar-refractivity contribution in [1.29, 1.82) is 0 Å². The molecular weight excluding hydrogens is 350 g/mol. The van der Waals surface area contributed by atoms with Gasteiger partial charge in [0.2, 0.25) is 5.16 Å². The summed E-state index contributed by atoms with van der Waals surface area (Å²) in [6, 6.07) is 15.0. The van der Waals surface area contributed by atoms with Gasteiger partial charge in [-0.3, -0.25) is 4.79 Å². The first-order valence-corrected chi connectivity index (χ1v) is 8.85. The summed E-state index contributed by atoms with van der Waals surface area (Å²) in [5.41, 5.74) is 2.40. The van der Waals surface area contributed by atoms with Crippen LogP contribution in [0.25, 0.3) is 22.3 Å². The molecule has 8 nitrogen and oxygen atoms in total. The predicted octanol–water partition coefficient (Wildman–Crippen LogP) is 1.82. The summed E-state index contributed by atoms with van der Waals surface area (Å²) in [5, 5.41) is 17.3. The number of nitrogens with zero attached hydrogens (tertiary/aromatic N) is 6. The molecule has 0 amide bonds. The molecule has 9 heteroatoms. The molecule has 0 radical (unpaired) electrons. The van der Waals surface area contributed by atoms with Crippen LogP contribution in [0.3, 0.4) is 0 Å². The van der Waals surface area contributed by atoms with E-state index in [9.17, 15) is 4.79 Å². The van der Waals surface area contributed by atoms with E-state index in [0.717, 1.165) is 11.1 Å². The Bertz CT molecular complexity index is 1130. The quantitative estimate of drug-likeness (QED) is 0.434. The van der Waals surface area contributed by atoms with Gasteiger partial charge in [0, 0.05) is 5.56 Å². The van der Waals surface area contributed by atoms with E-state index in [2.05, 4.69) is 20.5 Å². The Labute approximate surface area is 152 Å². The van der Waals surface area contributed by atoms with Crippen LogP contribution in [0, 0.1) is 6.92 Å². The second-order valence-corrected chi connectivity index (χ2v) is 6.64. The zero-order valence-electron chi connectivity index (χ0n) is 13.9. The zero-order valence-corrected chi connectivity index (χ0v) is 14.7. The Morgan fingerprint density at radius 2 is 1.81 bits per heavy atom. The van der Waals surface area contributed by atoms with Crippen LogP contribution >= 0.6 is 11.8 Å². The lowest BCUT2D eigenvalue weighted by Crippen LogP contribution is -2.23. The molecule has 0 bridgehead atoms. The molecule has 2 heterocycles. The molecule has 0 atom stereocenters. The first-order chi connectivity index (χ1) is 12.6. The Morgan fingerprint density at radius 1 is 1.04 bits per heavy atom. The molecular formula is C17H15N7OS. The highest BCUT2D eigenvalue weighted by Gasteiger charge is 2.13. The van der Waals surface area contributed by atoms with Crippen LogP contribution < -0.4 is 11.4 Å². The van der Waals surface area contributed by atoms with Crippen LogP contribution in [0.5, 0.6) is 0 Å². The maximum atomic E-state index is 12.5. The Hall–Kier alpha value is -3.20. The van der Waals surface area contributed by atoms with E-state index in [-0.39, 0.29) is 11.4 Å². The fraction of sp³-hybridized carbons (Fsp3) is 0.118. The number of benzene rings is 2. The van der Waals surface area contributed by atoms with Gasteiger partial charge in [0.05, 0.1) is 11.3 Å². The topological polar surface area (TPSA) is 105 Å². The van der Waals surface area contributed by atoms with E-state index in [4.69, 9.17) is 5.84 Å². The summed E-state index contributed by atoms with van der Waals surface area (Å²) >= 11 is 1.27. The molecule has 26 heavy (non-hydrogen) atoms. The van der Waals surface area contributed by atoms with Gasteiger partial charge >= 0.3 is 0 Å². The first kappa shape index (κ1) is 16.3. The fourth-order valence-electron chi connectivity index (χ4n) is 2.50. The van der Waals surface area contributed by atoms with Crippen molar-refractivity contribution in [2.75, 3.05) is 5.84 Å². The SMILES string of the molecule is Cc1ccc(-c2nnc(SCn3nnc4ccccc4c3=O)n2N)cc1. The van der Waals surface area contributed by atoms with Crippen molar-refractivity contribution in [1.82, 2.24) is 29.9 Å². The number of thioether (sulfide) groups is 1. The van der Waals surface area contributed by atoms with Crippen molar-refractivity contribution in [3.05, 3.63) is 64.4 Å². The van der Waals surface area contributed by atoms with E-state index < -0.39 is 0 Å². The zero-order chi connectivity index (χ0) is 18.1. The molecule has 4 aromatic rings. The molecule has 0 saturated carbocycles. The molecule has 0 fully saturated rings. The molecule has 4 rings (SSSR count). The third-order valence-corrected chi connectivity index (χ3v) is 4.83. The average Bonchev–Trinajstić information content (AvgIpc) is 3.03. The van der Waals surface area contributed by atoms with Gasteiger partial charge in [-0.15, -0.1) is 15.3 Å². The van der Waals surface area contributed by atoms with Crippen LogP contribution in [0.1, 0.15) is 5.56 Å². The van der Waals surface area contributed by atoms with Crippen molar-refractivity contribution in [2.45, 2.75) is 18.0 Å². The van der Waals surface area contributed by atoms with Gasteiger partial charge < -0.3 is 5.84 Å². The van der Waals surface area contributed by atoms with Crippen LogP contribution in [-0.4, -0.2) is 29.9 Å². The highest BCUT2D eigenvalue weighted by atomic mass is 32.2. The predicted molar refractivity (Wildman–Crippen MR) is 100 cm³/mol. The van der Waals surface area contributed by atoms with Crippen LogP contribution in [0.2, 0.25) is 0 Å². The van der Waals surface area contributed by atoms with E-state index in [1.807, 2.05) is 37.3 Å². The monoisotopic (exact) mass is 365 g/mol. The van der Waals surface area contributed by atoms with Crippen molar-refractivity contribution >= 4 is 22.7 Å². The number of aromatic nitrogens is 6. The lowest BCUT2D eigenvalue weighted by Gasteiger charge is -2.05. The highest BCUT2D eigenvalue weighted by Crippen LogP contribution is 2.22. The number of hydrogen-bond donors (Lipinski definition) is 1. The Balaban J connectivity index is 1.58. The maximum absolute atomic E-state index is 12.5. The molecule has 2 aromatic carbocycles. The summed E-state index contributed by atoms with van der Waals surface area (Å²) in [7, 11) is 0. The van der Waals surface area contributed by atoms with Gasteiger partial charge in [0.15, 0.2) is 5.82 Å². The van der Waals surface area contributed by atoms with E-state index in [1.165, 1.54) is 21.1 Å². The average molecular weight is 365 g/mol. The number of nitrogens with two attached hydrogens (primary N) is 1. The van der Waals surface area contributed by atoms with Gasteiger partial charge in [-0.1, -0.05) is 58.9 Å². The third kappa shape index (κ3) is 2.93. The van der Waals surface area contributed by atoms with Crippen LogP contribution in [-0.2, 0) is 5.88 Å². The van der Waals surface area contributed by atoms with Gasteiger partial charge in [-0.2, -0.15) is 4.68 Å². The smallest absolute Gasteiger partial charge is 0.278 e. The molecule has 0 aliphatic heterocycles. The number of fused-ring (bicyclic) bond motifs is 1. The number of aryl methyl sites for hydroxylation is 1. The van der Waals surface area contributed by atoms with Gasteiger partial charge in [-0.05, 0) is 19.1 Å². The molecule has 130 valence electrons. The molecule has 2 aromatic heterocycles. The lowest BCUT2D eigenvalue weighted by atomic mass is 10.1. The van der Waals surface area contributed by atoms with Crippen molar-refractivity contribution in [3.63, 3.8) is 0 Å². The summed E-state index contributed by atoms with van der Waals surface area (Å²) < 4.78 is 2.70. The lowest BCUT2D eigenvalue weighted by molar-refractivity contribution is 0.642. The van der Waals surface area contributed by atoms with E-state index in [1.54, 1.807) is 18.2 Å². The molecule has 0 unspecified atom stereocenters. The standard InChI is InChI=1S/C17H15N7OS/c1-11-6-8-12(9-7-11)15-20-21-17(24(15)18)26-10-23-16(25)13-4-2-3-5-14(13)19-22-23/h2-9H,10,18H2,1H3. The van der Waals surface area contributed by atoms with Gasteiger partial charge in [-0.25, -0.2) is 4.68 Å². The minimum atomic E-state index is -0.204. The van der Waals surface area contributed by atoms with Gasteiger partial charge in [0.25, 0.3) is 5.56 Å². The van der Waals surface area contributed by atoms with Crippen molar-refractivity contribution in [2.24, 2.45) is 0 Å². The normalized spacial score (nSPS) is 11.1. The second kappa shape index (κ2) is 6.60. The highest BCUT2D eigenvalue weighted by molar-refractivity contribution is 7.98. The summed E-state index contributed by atoms with van der Waals surface area (Å²) in [6.07, 6.45) is 0. The van der Waals surface area contributed by atoms with Crippen LogP contribution in [0.4, 0.5) is 0 Å². The van der Waals surface area contributed by atoms with E-state index in [0.29, 0.717) is 21.9 Å². The number of nitrogen functional groups attached to an aromatic ring is 1. The molecule has 2 N–H and O–H groups in total. The number of hydrogen-bond acceptors (Lipinski definition) is 7. The number of rotatable bonds is 4. The first-order valence-electron chi connectivity index (χ1n) is 7.86. The Kier molecular flexibility index (Phi) is 4.13. The largest absolute Gasteiger partial charge is 0.335 e. The minimum absolute atomic E-state index is 0.204. The van der Waals surface area contributed by atoms with Gasteiger partial charge in [0.1, 0.15) is 5.52 Å². The molecule has 0 spiro atoms. The van der Waals surface area contributed by atoms with Crippen LogP contribution in [0.15, 0.2) is 58.5 Å². The third-order valence-electron chi connectivity index (χ3n) is 3.92. The van der Waals surface area contributed by atoms with Crippen molar-refractivity contribution < 1.29 is 0 Å². The van der Waals surface area contributed by atoms with E-state index >= 15 is 0 Å². The maximum Gasteiger partial charge on any atom is 0.278 e. The second-order valence-electron chi connectivity index (χ2n) is 5.73. The molecule has 0 saturated heterocycles. The summed E-state index contributed by atoms with van der Waals surface area (Å²) in [4.78, 5) is 12.5. The molecule has 0 aliphatic carbocycles. The fourth-order valence-corrected chi connectivity index (χ4v) is 3.23. The summed E-state index contributed by atoms with van der Waals surface area (Å²) in [6.45, 7) is 2.01. The minimum Gasteiger partial charge on any atom is -0.335 e. The Morgan fingerprint density at radius 3 is 2.62 bits per heavy atom. The van der Waals surface area contributed by atoms with Crippen molar-refractivity contribution in [3.8, 4) is 11.4 Å². The molecule has 0 aliphatic rings. The summed E-state index contributed by atoms with van der Waals surface area (Å²) in [5.74, 6) is 6.91.